The fourth-order valence-corrected chi connectivity index (χ4v) is 2.35. The average molecular weight is 142 g/mol. The molecule has 2 aliphatic rings. The first kappa shape index (κ1) is 5.66. The van der Waals surface area contributed by atoms with Gasteiger partial charge in [0.1, 0.15) is 5.76 Å². The van der Waals surface area contributed by atoms with Gasteiger partial charge in [-0.25, -0.2) is 0 Å². The van der Waals surface area contributed by atoms with Crippen LogP contribution in [0.5, 0.6) is 0 Å². The van der Waals surface area contributed by atoms with E-state index in [2.05, 4.69) is 0 Å². The minimum Gasteiger partial charge on any atom is -0.496 e. The molecule has 0 bridgehead atoms. The quantitative estimate of drug-likeness (QED) is 0.512. The Morgan fingerprint density at radius 3 is 3.22 bits per heavy atom. The lowest BCUT2D eigenvalue weighted by Crippen LogP contribution is -2.02. The van der Waals surface area contributed by atoms with Crippen LogP contribution in [0.15, 0.2) is 10.7 Å². The highest BCUT2D eigenvalue weighted by molar-refractivity contribution is 8.03. The van der Waals surface area contributed by atoms with Gasteiger partial charge in [0.2, 0.25) is 0 Å². The Bertz CT molecular complexity index is 135. The first-order chi connectivity index (χ1) is 4.47. The van der Waals surface area contributed by atoms with Gasteiger partial charge in [0.05, 0.1) is 6.61 Å². The van der Waals surface area contributed by atoms with Crippen LogP contribution in [-0.4, -0.2) is 12.4 Å². The van der Waals surface area contributed by atoms with Gasteiger partial charge in [-0.3, -0.25) is 0 Å². The lowest BCUT2D eigenvalue weighted by Gasteiger charge is -2.14. The topological polar surface area (TPSA) is 9.23 Å². The monoisotopic (exact) mass is 142 g/mol. The summed E-state index contributed by atoms with van der Waals surface area (Å²) in [5, 5.41) is 0. The first-order valence-corrected chi connectivity index (χ1v) is 4.43. The van der Waals surface area contributed by atoms with Crippen LogP contribution in [0.4, 0.5) is 0 Å². The summed E-state index contributed by atoms with van der Waals surface area (Å²) in [6, 6.07) is 0. The van der Waals surface area contributed by atoms with Crippen molar-refractivity contribution in [1.82, 2.24) is 0 Å². The largest absolute Gasteiger partial charge is 0.496 e. The van der Waals surface area contributed by atoms with Gasteiger partial charge in [0.15, 0.2) is 0 Å². The molecule has 1 heterocycles. The maximum Gasteiger partial charge on any atom is 0.105 e. The van der Waals surface area contributed by atoms with Gasteiger partial charge in [0, 0.05) is 17.1 Å². The van der Waals surface area contributed by atoms with Crippen LogP contribution < -0.4 is 0 Å². The Balaban J connectivity index is 2.17. The summed E-state index contributed by atoms with van der Waals surface area (Å²) in [4.78, 5) is 1.53. The zero-order chi connectivity index (χ0) is 6.10. The van der Waals surface area contributed by atoms with Crippen molar-refractivity contribution in [3.63, 3.8) is 0 Å². The lowest BCUT2D eigenvalue weighted by molar-refractivity contribution is 0.222. The fraction of sp³-hybridized carbons (Fsp3) is 0.714. The van der Waals surface area contributed by atoms with Crippen molar-refractivity contribution >= 4 is 11.8 Å². The van der Waals surface area contributed by atoms with Crippen molar-refractivity contribution < 1.29 is 4.74 Å². The predicted octanol–water partition coefficient (Wildman–Crippen LogP) is 2.15. The van der Waals surface area contributed by atoms with Crippen LogP contribution in [0.25, 0.3) is 0 Å². The molecule has 0 aromatic rings. The molecule has 0 fully saturated rings. The number of allylic oxidation sites excluding steroid dienone is 2. The Kier molecular flexibility index (Phi) is 1.42. The third-order valence-corrected chi connectivity index (χ3v) is 2.91. The third-order valence-electron chi connectivity index (χ3n) is 1.75. The van der Waals surface area contributed by atoms with Crippen LogP contribution in [0.2, 0.25) is 0 Å². The second-order valence-electron chi connectivity index (χ2n) is 2.40. The van der Waals surface area contributed by atoms with Gasteiger partial charge in [-0.1, -0.05) is 0 Å². The van der Waals surface area contributed by atoms with E-state index in [0.29, 0.717) is 0 Å². The molecule has 1 aliphatic carbocycles. The zero-order valence-electron chi connectivity index (χ0n) is 5.35. The number of rotatable bonds is 0. The molecule has 50 valence electrons. The molecule has 0 unspecified atom stereocenters. The SMILES string of the molecule is C1CC2=C(C1)SCCO2. The molecular weight excluding hydrogens is 132 g/mol. The van der Waals surface area contributed by atoms with Gasteiger partial charge in [-0.15, -0.1) is 11.8 Å². The van der Waals surface area contributed by atoms with E-state index in [-0.39, 0.29) is 0 Å². The molecule has 0 N–H and O–H groups in total. The van der Waals surface area contributed by atoms with Crippen molar-refractivity contribution in [3.05, 3.63) is 10.7 Å². The molecule has 0 amide bonds. The molecule has 1 aliphatic heterocycles. The van der Waals surface area contributed by atoms with Crippen LogP contribution in [0, 0.1) is 0 Å². The van der Waals surface area contributed by atoms with Crippen LogP contribution >= 0.6 is 11.8 Å². The molecule has 1 nitrogen and oxygen atoms in total. The lowest BCUT2D eigenvalue weighted by atomic mass is 10.4. The van der Waals surface area contributed by atoms with E-state index in [1.165, 1.54) is 35.7 Å². The molecule has 2 rings (SSSR count). The Morgan fingerprint density at radius 1 is 1.33 bits per heavy atom. The van der Waals surface area contributed by atoms with Crippen LogP contribution in [0.3, 0.4) is 0 Å². The van der Waals surface area contributed by atoms with Gasteiger partial charge in [-0.05, 0) is 12.8 Å². The molecule has 0 aromatic heterocycles. The number of ether oxygens (including phenoxy) is 1. The maximum absolute atomic E-state index is 5.46. The highest BCUT2D eigenvalue weighted by atomic mass is 32.2. The minimum absolute atomic E-state index is 0.934. The van der Waals surface area contributed by atoms with E-state index in [1.807, 2.05) is 11.8 Å². The van der Waals surface area contributed by atoms with Gasteiger partial charge < -0.3 is 4.74 Å². The van der Waals surface area contributed by atoms with Crippen molar-refractivity contribution in [3.8, 4) is 0 Å². The van der Waals surface area contributed by atoms with E-state index < -0.39 is 0 Å². The van der Waals surface area contributed by atoms with E-state index in [9.17, 15) is 0 Å². The van der Waals surface area contributed by atoms with Crippen molar-refractivity contribution in [1.29, 1.82) is 0 Å². The molecule has 0 atom stereocenters. The molecule has 0 saturated heterocycles. The standard InChI is InChI=1S/C7H10OS/c1-2-6-7(3-1)9-5-4-8-6/h1-5H2. The summed E-state index contributed by atoms with van der Waals surface area (Å²) in [6.07, 6.45) is 3.79. The molecule has 9 heavy (non-hydrogen) atoms. The van der Waals surface area contributed by atoms with Gasteiger partial charge in [0.25, 0.3) is 0 Å². The summed E-state index contributed by atoms with van der Waals surface area (Å²) < 4.78 is 5.46. The highest BCUT2D eigenvalue weighted by Crippen LogP contribution is 2.37. The highest BCUT2D eigenvalue weighted by Gasteiger charge is 2.19. The minimum atomic E-state index is 0.934. The normalized spacial score (nSPS) is 25.8. The summed E-state index contributed by atoms with van der Waals surface area (Å²) in [6.45, 7) is 0.934. The Hall–Kier alpha value is -0.110. The second-order valence-corrected chi connectivity index (χ2v) is 3.59. The van der Waals surface area contributed by atoms with Crippen molar-refractivity contribution in [2.75, 3.05) is 12.4 Å². The smallest absolute Gasteiger partial charge is 0.105 e. The maximum atomic E-state index is 5.46. The number of hydrogen-bond acceptors (Lipinski definition) is 2. The second kappa shape index (κ2) is 2.25. The molecule has 0 radical (unpaired) electrons. The summed E-state index contributed by atoms with van der Waals surface area (Å²) >= 11 is 1.99. The number of thioether (sulfide) groups is 1. The number of hydrogen-bond donors (Lipinski definition) is 0. The average Bonchev–Trinajstić information content (AvgIpc) is 2.33. The van der Waals surface area contributed by atoms with Crippen molar-refractivity contribution in [2.24, 2.45) is 0 Å². The van der Waals surface area contributed by atoms with Crippen LogP contribution in [-0.2, 0) is 4.74 Å². The molecule has 0 saturated carbocycles. The Morgan fingerprint density at radius 2 is 2.33 bits per heavy atom. The van der Waals surface area contributed by atoms with Crippen LogP contribution in [0.1, 0.15) is 19.3 Å². The van der Waals surface area contributed by atoms with Gasteiger partial charge >= 0.3 is 0 Å². The molecule has 0 aromatic carbocycles. The predicted molar refractivity (Wildman–Crippen MR) is 39.3 cm³/mol. The van der Waals surface area contributed by atoms with E-state index in [1.54, 1.807) is 0 Å². The zero-order valence-corrected chi connectivity index (χ0v) is 6.17. The third kappa shape index (κ3) is 0.960. The van der Waals surface area contributed by atoms with E-state index >= 15 is 0 Å². The molecule has 0 spiro atoms. The molecule has 2 heteroatoms. The summed E-state index contributed by atoms with van der Waals surface area (Å²) in [7, 11) is 0. The van der Waals surface area contributed by atoms with Gasteiger partial charge in [-0.2, -0.15) is 0 Å². The molecular formula is C7H10OS. The first-order valence-electron chi connectivity index (χ1n) is 3.44. The van der Waals surface area contributed by atoms with Crippen molar-refractivity contribution in [2.45, 2.75) is 19.3 Å². The fourth-order valence-electron chi connectivity index (χ4n) is 1.32. The summed E-state index contributed by atoms with van der Waals surface area (Å²) in [5.41, 5.74) is 0. The Labute approximate surface area is 59.5 Å². The van der Waals surface area contributed by atoms with E-state index in [0.717, 1.165) is 6.61 Å². The van der Waals surface area contributed by atoms with E-state index in [4.69, 9.17) is 4.74 Å². The summed E-state index contributed by atoms with van der Waals surface area (Å²) in [5.74, 6) is 2.46.